The third kappa shape index (κ3) is 2.74. The molecule has 1 saturated heterocycles. The largest absolute Gasteiger partial charge is 0.451 e. The number of carbonyl (C=O) groups is 1. The zero-order valence-corrected chi connectivity index (χ0v) is 12.8. The highest BCUT2D eigenvalue weighted by molar-refractivity contribution is 9.09. The van der Waals surface area contributed by atoms with Crippen LogP contribution in [0, 0.1) is 0 Å². The van der Waals surface area contributed by atoms with Crippen LogP contribution in [0.25, 0.3) is 11.0 Å². The monoisotopic (exact) mass is 336 g/mol. The molecule has 0 unspecified atom stereocenters. The summed E-state index contributed by atoms with van der Waals surface area (Å²) in [7, 11) is 0. The van der Waals surface area contributed by atoms with Gasteiger partial charge in [0.1, 0.15) is 5.58 Å². The van der Waals surface area contributed by atoms with Gasteiger partial charge in [0.05, 0.1) is 0 Å². The van der Waals surface area contributed by atoms with Crippen molar-refractivity contribution in [3.63, 3.8) is 0 Å². The quantitative estimate of drug-likeness (QED) is 0.808. The predicted molar refractivity (Wildman–Crippen MR) is 82.4 cm³/mol. The SMILES string of the molecule is O=C(c1cc2ccccc2o1)N1CCN(CCBr)CC1. The standard InChI is InChI=1S/C15H17BrN2O2/c16-5-6-17-7-9-18(10-8-17)15(19)14-11-12-3-1-2-4-13(12)20-14/h1-4,11H,5-10H2. The second kappa shape index (κ2) is 5.97. The van der Waals surface area contributed by atoms with E-state index in [-0.39, 0.29) is 5.91 Å². The van der Waals surface area contributed by atoms with Gasteiger partial charge in [0, 0.05) is 43.4 Å². The van der Waals surface area contributed by atoms with Gasteiger partial charge in [-0.25, -0.2) is 0 Å². The molecular formula is C15H17BrN2O2. The zero-order valence-electron chi connectivity index (χ0n) is 11.2. The van der Waals surface area contributed by atoms with Crippen molar-refractivity contribution in [2.24, 2.45) is 0 Å². The van der Waals surface area contributed by atoms with Gasteiger partial charge in [0.25, 0.3) is 5.91 Å². The van der Waals surface area contributed by atoms with Crippen LogP contribution in [0.5, 0.6) is 0 Å². The molecule has 20 heavy (non-hydrogen) atoms. The third-order valence-electron chi connectivity index (χ3n) is 3.70. The minimum absolute atomic E-state index is 0.000285. The van der Waals surface area contributed by atoms with E-state index < -0.39 is 0 Å². The van der Waals surface area contributed by atoms with Crippen molar-refractivity contribution >= 4 is 32.8 Å². The molecule has 106 valence electrons. The molecule has 2 heterocycles. The zero-order chi connectivity index (χ0) is 13.9. The van der Waals surface area contributed by atoms with Gasteiger partial charge in [-0.15, -0.1) is 0 Å². The van der Waals surface area contributed by atoms with Crippen molar-refractivity contribution in [2.75, 3.05) is 38.1 Å². The molecule has 0 atom stereocenters. The van der Waals surface area contributed by atoms with Gasteiger partial charge in [-0.3, -0.25) is 9.69 Å². The number of benzene rings is 1. The second-order valence-electron chi connectivity index (χ2n) is 4.97. The molecule has 1 aliphatic heterocycles. The van der Waals surface area contributed by atoms with Crippen molar-refractivity contribution < 1.29 is 9.21 Å². The minimum Gasteiger partial charge on any atom is -0.451 e. The van der Waals surface area contributed by atoms with Crippen LogP contribution in [0.2, 0.25) is 0 Å². The van der Waals surface area contributed by atoms with E-state index in [9.17, 15) is 4.79 Å². The lowest BCUT2D eigenvalue weighted by molar-refractivity contribution is 0.0616. The first-order valence-corrected chi connectivity index (χ1v) is 7.96. The first-order chi connectivity index (χ1) is 9.78. The lowest BCUT2D eigenvalue weighted by Gasteiger charge is -2.33. The van der Waals surface area contributed by atoms with E-state index in [4.69, 9.17) is 4.42 Å². The van der Waals surface area contributed by atoms with Gasteiger partial charge >= 0.3 is 0 Å². The highest BCUT2D eigenvalue weighted by Gasteiger charge is 2.24. The summed E-state index contributed by atoms with van der Waals surface area (Å²) in [6, 6.07) is 9.55. The smallest absolute Gasteiger partial charge is 0.289 e. The summed E-state index contributed by atoms with van der Waals surface area (Å²) in [4.78, 5) is 16.7. The van der Waals surface area contributed by atoms with Gasteiger partial charge in [-0.05, 0) is 12.1 Å². The lowest BCUT2D eigenvalue weighted by Crippen LogP contribution is -2.49. The Morgan fingerprint density at radius 2 is 1.95 bits per heavy atom. The van der Waals surface area contributed by atoms with Gasteiger partial charge < -0.3 is 9.32 Å². The lowest BCUT2D eigenvalue weighted by atomic mass is 10.2. The summed E-state index contributed by atoms with van der Waals surface area (Å²) < 4.78 is 5.65. The molecule has 1 aromatic heterocycles. The van der Waals surface area contributed by atoms with Gasteiger partial charge in [-0.1, -0.05) is 34.1 Å². The molecular weight excluding hydrogens is 320 g/mol. The molecule has 4 nitrogen and oxygen atoms in total. The van der Waals surface area contributed by atoms with Gasteiger partial charge in [-0.2, -0.15) is 0 Å². The number of alkyl halides is 1. The van der Waals surface area contributed by atoms with Crippen LogP contribution >= 0.6 is 15.9 Å². The Hall–Kier alpha value is -1.33. The average Bonchev–Trinajstić information content (AvgIpc) is 2.91. The molecule has 1 amide bonds. The average molecular weight is 337 g/mol. The highest BCUT2D eigenvalue weighted by atomic mass is 79.9. The fourth-order valence-electron chi connectivity index (χ4n) is 2.54. The van der Waals surface area contributed by atoms with Crippen LogP contribution < -0.4 is 0 Å². The molecule has 0 saturated carbocycles. The Morgan fingerprint density at radius 1 is 1.20 bits per heavy atom. The van der Waals surface area contributed by atoms with Crippen LogP contribution in [0.4, 0.5) is 0 Å². The Bertz CT molecular complexity index is 570. The molecule has 1 fully saturated rings. The third-order valence-corrected chi connectivity index (χ3v) is 4.05. The Labute approximate surface area is 126 Å². The molecule has 0 N–H and O–H groups in total. The molecule has 1 aliphatic rings. The number of fused-ring (bicyclic) bond motifs is 1. The van der Waals surface area contributed by atoms with Gasteiger partial charge in [0.2, 0.25) is 0 Å². The number of para-hydroxylation sites is 1. The van der Waals surface area contributed by atoms with Crippen LogP contribution in [0.15, 0.2) is 34.7 Å². The first kappa shape index (κ1) is 13.6. The Morgan fingerprint density at radius 3 is 2.65 bits per heavy atom. The highest BCUT2D eigenvalue weighted by Crippen LogP contribution is 2.20. The number of hydrogen-bond acceptors (Lipinski definition) is 3. The number of piperazine rings is 1. The molecule has 5 heteroatoms. The number of amides is 1. The fraction of sp³-hybridized carbons (Fsp3) is 0.400. The van der Waals surface area contributed by atoms with Crippen LogP contribution in [0.3, 0.4) is 0 Å². The van der Waals surface area contributed by atoms with E-state index in [1.54, 1.807) is 0 Å². The molecule has 2 aromatic rings. The van der Waals surface area contributed by atoms with E-state index in [2.05, 4.69) is 20.8 Å². The van der Waals surface area contributed by atoms with Crippen LogP contribution in [-0.2, 0) is 0 Å². The maximum atomic E-state index is 12.4. The van der Waals surface area contributed by atoms with E-state index >= 15 is 0 Å². The first-order valence-electron chi connectivity index (χ1n) is 6.84. The minimum atomic E-state index is -0.000285. The maximum absolute atomic E-state index is 12.4. The van der Waals surface area contributed by atoms with E-state index in [1.807, 2.05) is 35.2 Å². The summed E-state index contributed by atoms with van der Waals surface area (Å²) in [6.45, 7) is 4.42. The summed E-state index contributed by atoms with van der Waals surface area (Å²) in [5, 5.41) is 1.96. The second-order valence-corrected chi connectivity index (χ2v) is 5.76. The van der Waals surface area contributed by atoms with Crippen molar-refractivity contribution in [3.8, 4) is 0 Å². The van der Waals surface area contributed by atoms with E-state index in [0.717, 1.165) is 49.0 Å². The normalized spacial score (nSPS) is 16.8. The van der Waals surface area contributed by atoms with Crippen molar-refractivity contribution in [2.45, 2.75) is 0 Å². The molecule has 0 radical (unpaired) electrons. The summed E-state index contributed by atoms with van der Waals surface area (Å²) >= 11 is 3.45. The molecule has 0 bridgehead atoms. The van der Waals surface area contributed by atoms with Crippen LogP contribution in [-0.4, -0.2) is 53.8 Å². The number of rotatable bonds is 3. The molecule has 1 aromatic carbocycles. The number of hydrogen-bond donors (Lipinski definition) is 0. The van der Waals surface area contributed by atoms with Gasteiger partial charge in [0.15, 0.2) is 5.76 Å². The summed E-state index contributed by atoms with van der Waals surface area (Å²) in [6.07, 6.45) is 0. The van der Waals surface area contributed by atoms with E-state index in [0.29, 0.717) is 5.76 Å². The maximum Gasteiger partial charge on any atom is 0.289 e. The molecule has 0 spiro atoms. The molecule has 0 aliphatic carbocycles. The summed E-state index contributed by atoms with van der Waals surface area (Å²) in [5.41, 5.74) is 0.772. The topological polar surface area (TPSA) is 36.7 Å². The predicted octanol–water partition coefficient (Wildman–Crippen LogP) is 2.59. The van der Waals surface area contributed by atoms with Crippen LogP contribution in [0.1, 0.15) is 10.6 Å². The van der Waals surface area contributed by atoms with Crippen molar-refractivity contribution in [1.29, 1.82) is 0 Å². The number of furan rings is 1. The Balaban J connectivity index is 1.70. The summed E-state index contributed by atoms with van der Waals surface area (Å²) in [5.74, 6) is 0.444. The van der Waals surface area contributed by atoms with Crippen molar-refractivity contribution in [3.05, 3.63) is 36.1 Å². The fourth-order valence-corrected chi connectivity index (χ4v) is 3.04. The number of carbonyl (C=O) groups excluding carboxylic acids is 1. The number of halogens is 1. The Kier molecular flexibility index (Phi) is 4.08. The number of nitrogens with zero attached hydrogens (tertiary/aromatic N) is 2. The molecule has 3 rings (SSSR count). The van der Waals surface area contributed by atoms with Crippen molar-refractivity contribution in [1.82, 2.24) is 9.80 Å². The van der Waals surface area contributed by atoms with E-state index in [1.165, 1.54) is 0 Å².